The quantitative estimate of drug-likeness (QED) is 0.287. The van der Waals surface area contributed by atoms with Gasteiger partial charge in [0.1, 0.15) is 23.5 Å². The van der Waals surface area contributed by atoms with E-state index in [-0.39, 0.29) is 39.5 Å². The molecule has 6 rings (SSSR count). The van der Waals surface area contributed by atoms with Crippen LogP contribution in [0.4, 0.5) is 4.39 Å². The summed E-state index contributed by atoms with van der Waals surface area (Å²) in [6.45, 7) is 1.53. The van der Waals surface area contributed by atoms with Crippen molar-refractivity contribution in [3.05, 3.63) is 79.4 Å². The lowest BCUT2D eigenvalue weighted by atomic mass is 10.2. The van der Waals surface area contributed by atoms with E-state index in [0.29, 0.717) is 22.6 Å². The van der Waals surface area contributed by atoms with Gasteiger partial charge < -0.3 is 14.5 Å². The van der Waals surface area contributed by atoms with E-state index in [2.05, 4.69) is 40.4 Å². The molecule has 4 heterocycles. The Bertz CT molecular complexity index is 1910. The molecule has 4 aromatic heterocycles. The van der Waals surface area contributed by atoms with E-state index in [9.17, 15) is 8.42 Å². The van der Waals surface area contributed by atoms with E-state index in [0.717, 1.165) is 0 Å². The molecule has 200 valence electrons. The van der Waals surface area contributed by atoms with Crippen molar-refractivity contribution in [2.24, 2.45) is 0 Å². The molecule has 0 fully saturated rings. The summed E-state index contributed by atoms with van der Waals surface area (Å²) in [6, 6.07) is 10.3. The van der Waals surface area contributed by atoms with Gasteiger partial charge in [-0.2, -0.15) is 4.68 Å². The number of para-hydroxylation sites is 1. The van der Waals surface area contributed by atoms with Crippen LogP contribution in [0.25, 0.3) is 28.2 Å². The number of imidazole rings is 1. The maximum Gasteiger partial charge on any atom is 0.195 e. The Labute approximate surface area is 225 Å². The van der Waals surface area contributed by atoms with Gasteiger partial charge in [0.25, 0.3) is 0 Å². The molecule has 6 aromatic rings. The summed E-state index contributed by atoms with van der Waals surface area (Å²) in [7, 11) is -3.50. The predicted octanol–water partition coefficient (Wildman–Crippen LogP) is 3.91. The van der Waals surface area contributed by atoms with E-state index < -0.39 is 15.7 Å². The number of fused-ring (bicyclic) bond motifs is 1. The first-order chi connectivity index (χ1) is 19.4. The van der Waals surface area contributed by atoms with Crippen LogP contribution in [0.15, 0.2) is 78.6 Å². The van der Waals surface area contributed by atoms with E-state index in [1.54, 1.807) is 36.8 Å². The Hall–Kier alpha value is -5.31. The molecule has 0 saturated carbocycles. The fraction of sp³-hybridized carbons (Fsp3) is 0.0800. The molecule has 13 nitrogen and oxygen atoms in total. The summed E-state index contributed by atoms with van der Waals surface area (Å²) in [5, 5.41) is 11.0. The highest BCUT2D eigenvalue weighted by Gasteiger charge is 2.20. The largest absolute Gasteiger partial charge is 0.452 e. The van der Waals surface area contributed by atoms with Crippen LogP contribution in [0.5, 0.6) is 23.0 Å². The minimum atomic E-state index is -3.50. The summed E-state index contributed by atoms with van der Waals surface area (Å²) in [5.41, 5.74) is 1.80. The summed E-state index contributed by atoms with van der Waals surface area (Å²) >= 11 is 0. The topological polar surface area (TPSA) is 164 Å². The van der Waals surface area contributed by atoms with Crippen LogP contribution in [0.3, 0.4) is 0 Å². The third kappa shape index (κ3) is 4.80. The van der Waals surface area contributed by atoms with Crippen molar-refractivity contribution in [3.63, 3.8) is 0 Å². The van der Waals surface area contributed by atoms with Crippen molar-refractivity contribution in [2.45, 2.75) is 11.9 Å². The van der Waals surface area contributed by atoms with Crippen LogP contribution in [0.2, 0.25) is 0 Å². The second-order valence-corrected chi connectivity index (χ2v) is 10.5. The number of hydrogen-bond donors (Lipinski definition) is 1. The molecule has 0 atom stereocenters. The van der Waals surface area contributed by atoms with Gasteiger partial charge in [0.05, 0.1) is 29.2 Å². The van der Waals surface area contributed by atoms with Gasteiger partial charge in [-0.05, 0) is 34.7 Å². The Morgan fingerprint density at radius 3 is 2.62 bits per heavy atom. The van der Waals surface area contributed by atoms with Crippen molar-refractivity contribution in [1.29, 1.82) is 0 Å². The summed E-state index contributed by atoms with van der Waals surface area (Å²) in [5.74, 6) is 0.0255. The average molecular weight is 560 g/mol. The number of hydrogen-bond acceptors (Lipinski definition) is 11. The highest BCUT2D eigenvalue weighted by Crippen LogP contribution is 2.40. The summed E-state index contributed by atoms with van der Waals surface area (Å²) < 4.78 is 52.8. The molecule has 0 aliphatic heterocycles. The van der Waals surface area contributed by atoms with Crippen molar-refractivity contribution in [1.82, 2.24) is 45.1 Å². The van der Waals surface area contributed by atoms with E-state index in [1.807, 2.05) is 0 Å². The lowest BCUT2D eigenvalue weighted by molar-refractivity contribution is 0.399. The van der Waals surface area contributed by atoms with Crippen molar-refractivity contribution in [2.75, 3.05) is 5.75 Å². The molecular formula is C25H18FN9O4S. The molecule has 1 N–H and O–H groups in total. The van der Waals surface area contributed by atoms with Gasteiger partial charge in [0.15, 0.2) is 43.8 Å². The average Bonchev–Trinajstić information content (AvgIpc) is 3.65. The fourth-order valence-corrected chi connectivity index (χ4v) is 4.55. The van der Waals surface area contributed by atoms with Gasteiger partial charge in [-0.3, -0.25) is 4.98 Å². The summed E-state index contributed by atoms with van der Waals surface area (Å²) in [6.07, 6.45) is 7.23. The normalized spacial score (nSPS) is 11.6. The third-order valence-corrected chi connectivity index (χ3v) is 7.38. The number of pyridine rings is 1. The highest BCUT2D eigenvalue weighted by molar-refractivity contribution is 7.91. The molecule has 15 heteroatoms. The van der Waals surface area contributed by atoms with Crippen molar-refractivity contribution < 1.29 is 22.3 Å². The Morgan fingerprint density at radius 2 is 1.90 bits per heavy atom. The maximum absolute atomic E-state index is 15.1. The lowest BCUT2D eigenvalue weighted by Gasteiger charge is -2.15. The fourth-order valence-electron chi connectivity index (χ4n) is 3.77. The number of tetrazole rings is 1. The Balaban J connectivity index is 1.45. The minimum absolute atomic E-state index is 0.0751. The number of nitrogens with zero attached hydrogens (tertiary/aromatic N) is 8. The van der Waals surface area contributed by atoms with Crippen LogP contribution in [0.1, 0.15) is 6.92 Å². The van der Waals surface area contributed by atoms with Gasteiger partial charge in [-0.15, -0.1) is 5.10 Å². The smallest absolute Gasteiger partial charge is 0.195 e. The minimum Gasteiger partial charge on any atom is -0.452 e. The molecule has 40 heavy (non-hydrogen) atoms. The first-order valence-electron chi connectivity index (χ1n) is 11.8. The first kappa shape index (κ1) is 25.0. The molecule has 0 saturated heterocycles. The van der Waals surface area contributed by atoms with Gasteiger partial charge in [0.2, 0.25) is 0 Å². The third-order valence-electron chi connectivity index (χ3n) is 5.74. The number of rotatable bonds is 8. The van der Waals surface area contributed by atoms with E-state index in [1.165, 1.54) is 48.4 Å². The number of ether oxygens (including phenoxy) is 2. The van der Waals surface area contributed by atoms with Crippen LogP contribution >= 0.6 is 0 Å². The zero-order chi connectivity index (χ0) is 27.7. The molecule has 0 amide bonds. The molecule has 0 unspecified atom stereocenters. The van der Waals surface area contributed by atoms with E-state index >= 15 is 4.39 Å². The molecule has 0 aliphatic carbocycles. The van der Waals surface area contributed by atoms with Gasteiger partial charge in [-0.25, -0.2) is 27.8 Å². The van der Waals surface area contributed by atoms with Gasteiger partial charge in [-0.1, -0.05) is 13.0 Å². The number of H-pyrrole nitrogens is 1. The standard InChI is InChI=1S/C25H18FN9O4S/c1-2-40(36,37)23-7-6-15(12-29-23)38-21-10-17-18(32-25(31-17)19-13-27-8-9-28-19)11-22(21)39-24-16(26)4-3-5-20(24)35-14-30-33-34-35/h3-14H,2H2,1H3,(H,31,32). The number of benzene rings is 2. The van der Waals surface area contributed by atoms with Crippen LogP contribution in [-0.4, -0.2) is 59.3 Å². The number of sulfone groups is 1. The molecule has 0 radical (unpaired) electrons. The lowest BCUT2D eigenvalue weighted by Crippen LogP contribution is -2.05. The molecule has 0 aliphatic rings. The SMILES string of the molecule is CCS(=O)(=O)c1ccc(Oc2cc3[nH]c(-c4cnccn4)nc3cc2Oc2c(F)cccc2-n2cnnn2)cn1. The zero-order valence-corrected chi connectivity index (χ0v) is 21.4. The Morgan fingerprint density at radius 1 is 1.02 bits per heavy atom. The van der Waals surface area contributed by atoms with Crippen LogP contribution in [0, 0.1) is 5.82 Å². The monoisotopic (exact) mass is 559 g/mol. The first-order valence-corrected chi connectivity index (χ1v) is 13.4. The Kier molecular flexibility index (Phi) is 6.31. The second kappa shape index (κ2) is 10.1. The molecule has 2 aromatic carbocycles. The number of halogens is 1. The maximum atomic E-state index is 15.1. The highest BCUT2D eigenvalue weighted by atomic mass is 32.2. The number of aromatic amines is 1. The second-order valence-electron chi connectivity index (χ2n) is 8.27. The van der Waals surface area contributed by atoms with Crippen LogP contribution in [-0.2, 0) is 9.84 Å². The van der Waals surface area contributed by atoms with Crippen molar-refractivity contribution >= 4 is 20.9 Å². The van der Waals surface area contributed by atoms with E-state index in [4.69, 9.17) is 9.47 Å². The van der Waals surface area contributed by atoms with Gasteiger partial charge in [0, 0.05) is 24.5 Å². The van der Waals surface area contributed by atoms with Crippen molar-refractivity contribution in [3.8, 4) is 40.2 Å². The zero-order valence-electron chi connectivity index (χ0n) is 20.6. The number of nitrogens with one attached hydrogen (secondary N) is 1. The molecule has 0 spiro atoms. The van der Waals surface area contributed by atoms with Crippen LogP contribution < -0.4 is 9.47 Å². The molecule has 0 bridgehead atoms. The van der Waals surface area contributed by atoms with Gasteiger partial charge >= 0.3 is 0 Å². The number of aromatic nitrogens is 9. The molecular weight excluding hydrogens is 541 g/mol. The predicted molar refractivity (Wildman–Crippen MR) is 138 cm³/mol. The summed E-state index contributed by atoms with van der Waals surface area (Å²) in [4.78, 5) is 20.1.